The van der Waals surface area contributed by atoms with Crippen LogP contribution in [-0.4, -0.2) is 23.7 Å². The van der Waals surface area contributed by atoms with Gasteiger partial charge in [-0.3, -0.25) is 4.79 Å². The first kappa shape index (κ1) is 13.9. The molecule has 0 aliphatic rings. The monoisotopic (exact) mass is 276 g/mol. The van der Waals surface area contributed by atoms with Crippen molar-refractivity contribution in [2.45, 2.75) is 26.2 Å². The maximum absolute atomic E-state index is 11.0. The fraction of sp³-hybridized carbons (Fsp3) is 0.500. The van der Waals surface area contributed by atoms with E-state index in [1.807, 2.05) is 0 Å². The summed E-state index contributed by atoms with van der Waals surface area (Å²) < 4.78 is 4.92. The fourth-order valence-electron chi connectivity index (χ4n) is 0.771. The summed E-state index contributed by atoms with van der Waals surface area (Å²) in [5, 5.41) is 8.36. The normalized spacial score (nSPS) is 8.93. The third kappa shape index (κ3) is 7.97. The lowest BCUT2D eigenvalue weighted by Crippen LogP contribution is -2.02. The number of unbranched alkanes of at least 4 members (excludes halogenated alkanes) is 1. The molecule has 4 nitrogen and oxygen atoms in total. The van der Waals surface area contributed by atoms with Gasteiger partial charge < -0.3 is 9.84 Å². The van der Waals surface area contributed by atoms with Crippen LogP contribution in [0.2, 0.25) is 0 Å². The van der Waals surface area contributed by atoms with Gasteiger partial charge in [0.15, 0.2) is 0 Å². The average Bonchev–Trinajstić information content (AvgIpc) is 2.16. The molecule has 15 heavy (non-hydrogen) atoms. The second-order valence-corrected chi connectivity index (χ2v) is 3.46. The van der Waals surface area contributed by atoms with Gasteiger partial charge in [0, 0.05) is 6.42 Å². The lowest BCUT2D eigenvalue weighted by molar-refractivity contribution is -0.138. The lowest BCUT2D eigenvalue weighted by atomic mass is 10.2. The molecule has 0 aromatic carbocycles. The van der Waals surface area contributed by atoms with Gasteiger partial charge in [0.25, 0.3) is 0 Å². The summed E-state index contributed by atoms with van der Waals surface area (Å²) in [6.45, 7) is 2.03. The molecular weight excluding hydrogens is 264 g/mol. The molecule has 0 aliphatic carbocycles. The number of halogens is 1. The van der Waals surface area contributed by atoms with Crippen molar-refractivity contribution in [3.05, 3.63) is 16.3 Å². The molecule has 5 heteroatoms. The molecule has 0 heterocycles. The Hall–Kier alpha value is -1.06. The minimum absolute atomic E-state index is 0.120. The van der Waals surface area contributed by atoms with Crippen molar-refractivity contribution in [1.29, 1.82) is 0 Å². The van der Waals surface area contributed by atoms with Crippen molar-refractivity contribution in [3.63, 3.8) is 0 Å². The van der Waals surface area contributed by atoms with E-state index in [9.17, 15) is 9.59 Å². The van der Waals surface area contributed by atoms with Crippen LogP contribution in [0.25, 0.3) is 0 Å². The summed E-state index contributed by atoms with van der Waals surface area (Å²) in [4.78, 5) is 21.2. The Morgan fingerprint density at radius 3 is 2.73 bits per heavy atom. The smallest absolute Gasteiger partial charge is 0.353 e. The van der Waals surface area contributed by atoms with Gasteiger partial charge >= 0.3 is 11.9 Å². The summed E-state index contributed by atoms with van der Waals surface area (Å²) in [5.74, 6) is -1.29. The Morgan fingerprint density at radius 1 is 1.53 bits per heavy atom. The van der Waals surface area contributed by atoms with E-state index in [0.717, 1.165) is 0 Å². The van der Waals surface area contributed by atoms with Crippen LogP contribution in [0, 0.1) is 0 Å². The number of esters is 1. The van der Waals surface area contributed by atoms with Crippen LogP contribution in [0.1, 0.15) is 26.2 Å². The van der Waals surface area contributed by atoms with Crippen LogP contribution in [-0.2, 0) is 14.3 Å². The Kier molecular flexibility index (Phi) is 7.68. The fourth-order valence-corrected chi connectivity index (χ4v) is 1.05. The first-order chi connectivity index (χ1) is 7.07. The predicted molar refractivity (Wildman–Crippen MR) is 58.6 cm³/mol. The molecule has 0 unspecified atom stereocenters. The number of carboxylic acid groups (broad SMARTS) is 1. The second kappa shape index (κ2) is 8.26. The molecule has 0 saturated carbocycles. The molecule has 0 aromatic heterocycles. The summed E-state index contributed by atoms with van der Waals surface area (Å²) in [6, 6.07) is 0. The SMILES string of the molecule is CCOC(=O)C(Br)=C=CCCCC(=O)O. The average molecular weight is 277 g/mol. The Bertz CT molecular complexity index is 290. The van der Waals surface area contributed by atoms with Crippen LogP contribution >= 0.6 is 15.9 Å². The first-order valence-electron chi connectivity index (χ1n) is 4.57. The van der Waals surface area contributed by atoms with E-state index in [1.54, 1.807) is 13.0 Å². The Labute approximate surface area is 96.7 Å². The van der Waals surface area contributed by atoms with E-state index in [2.05, 4.69) is 21.7 Å². The van der Waals surface area contributed by atoms with E-state index < -0.39 is 11.9 Å². The van der Waals surface area contributed by atoms with Gasteiger partial charge in [-0.25, -0.2) is 4.79 Å². The maximum Gasteiger partial charge on any atom is 0.353 e. The molecular formula is C10H13BrO4. The van der Waals surface area contributed by atoms with Crippen LogP contribution in [0.4, 0.5) is 0 Å². The zero-order chi connectivity index (χ0) is 11.7. The molecule has 0 aliphatic heterocycles. The van der Waals surface area contributed by atoms with Gasteiger partial charge in [-0.2, -0.15) is 0 Å². The van der Waals surface area contributed by atoms with E-state index >= 15 is 0 Å². The minimum Gasteiger partial charge on any atom is -0.481 e. The van der Waals surface area contributed by atoms with E-state index in [0.29, 0.717) is 19.4 Å². The zero-order valence-corrected chi connectivity index (χ0v) is 10.0. The molecule has 0 spiro atoms. The highest BCUT2D eigenvalue weighted by atomic mass is 79.9. The van der Waals surface area contributed by atoms with Crippen molar-refractivity contribution in [3.8, 4) is 0 Å². The topological polar surface area (TPSA) is 63.6 Å². The largest absolute Gasteiger partial charge is 0.481 e. The number of aliphatic carboxylic acids is 1. The molecule has 0 rings (SSSR count). The standard InChI is InChI=1S/C10H13BrO4/c1-2-15-10(14)8(11)6-4-3-5-7-9(12)13/h4H,2-3,5,7H2,1H3,(H,12,13). The minimum atomic E-state index is -0.822. The Balaban J connectivity index is 3.95. The molecule has 0 bridgehead atoms. The molecule has 0 atom stereocenters. The molecule has 1 N–H and O–H groups in total. The molecule has 0 amide bonds. The van der Waals surface area contributed by atoms with Crippen LogP contribution in [0.3, 0.4) is 0 Å². The van der Waals surface area contributed by atoms with Gasteiger partial charge in [-0.1, -0.05) is 0 Å². The van der Waals surface area contributed by atoms with Crippen molar-refractivity contribution >= 4 is 27.9 Å². The number of hydrogen-bond acceptors (Lipinski definition) is 3. The van der Waals surface area contributed by atoms with Crippen molar-refractivity contribution in [1.82, 2.24) is 0 Å². The maximum atomic E-state index is 11.0. The van der Waals surface area contributed by atoms with Gasteiger partial charge in [0.05, 0.1) is 6.61 Å². The summed E-state index contributed by atoms with van der Waals surface area (Å²) in [7, 11) is 0. The molecule has 0 saturated heterocycles. The van der Waals surface area contributed by atoms with E-state index in [4.69, 9.17) is 9.84 Å². The molecule has 0 aromatic rings. The first-order valence-corrected chi connectivity index (χ1v) is 5.36. The number of ether oxygens (including phenoxy) is 1. The van der Waals surface area contributed by atoms with Crippen LogP contribution in [0.15, 0.2) is 16.3 Å². The zero-order valence-electron chi connectivity index (χ0n) is 8.46. The van der Waals surface area contributed by atoms with Crippen molar-refractivity contribution in [2.24, 2.45) is 0 Å². The predicted octanol–water partition coefficient (Wildman–Crippen LogP) is 2.24. The van der Waals surface area contributed by atoms with Gasteiger partial charge in [0.2, 0.25) is 0 Å². The number of rotatable bonds is 6. The van der Waals surface area contributed by atoms with Crippen LogP contribution < -0.4 is 0 Å². The quantitative estimate of drug-likeness (QED) is 0.350. The van der Waals surface area contributed by atoms with E-state index in [-0.39, 0.29) is 10.9 Å². The highest BCUT2D eigenvalue weighted by Crippen LogP contribution is 2.06. The molecule has 84 valence electrons. The van der Waals surface area contributed by atoms with Gasteiger partial charge in [0.1, 0.15) is 4.48 Å². The van der Waals surface area contributed by atoms with Gasteiger partial charge in [-0.15, -0.1) is 5.73 Å². The summed E-state index contributed by atoms with van der Waals surface area (Å²) in [6.07, 6.45) is 2.84. The second-order valence-electron chi connectivity index (χ2n) is 2.67. The van der Waals surface area contributed by atoms with Crippen molar-refractivity contribution in [2.75, 3.05) is 6.61 Å². The number of carbonyl (C=O) groups is 2. The van der Waals surface area contributed by atoms with Gasteiger partial charge in [-0.05, 0) is 41.8 Å². The number of carbonyl (C=O) groups excluding carboxylic acids is 1. The van der Waals surface area contributed by atoms with Crippen molar-refractivity contribution < 1.29 is 19.4 Å². The van der Waals surface area contributed by atoms with E-state index in [1.165, 1.54) is 0 Å². The summed E-state index contributed by atoms with van der Waals surface area (Å²) >= 11 is 3.01. The molecule has 0 fully saturated rings. The van der Waals surface area contributed by atoms with Crippen LogP contribution in [0.5, 0.6) is 0 Å². The lowest BCUT2D eigenvalue weighted by Gasteiger charge is -1.96. The summed E-state index contributed by atoms with van der Waals surface area (Å²) in [5.41, 5.74) is 2.68. The third-order valence-corrected chi connectivity index (χ3v) is 1.98. The molecule has 0 radical (unpaired) electrons. The third-order valence-electron chi connectivity index (χ3n) is 1.42. The number of hydrogen-bond donors (Lipinski definition) is 1. The highest BCUT2D eigenvalue weighted by molar-refractivity contribution is 9.12. The highest BCUT2D eigenvalue weighted by Gasteiger charge is 2.03. The Morgan fingerprint density at radius 2 is 2.20 bits per heavy atom. The number of carboxylic acids is 1.